The van der Waals surface area contributed by atoms with Crippen LogP contribution in [0.15, 0.2) is 94.6 Å². The minimum absolute atomic E-state index is 0.242. The Hall–Kier alpha value is -4.72. The average Bonchev–Trinajstić information content (AvgIpc) is 2.87. The van der Waals surface area contributed by atoms with E-state index in [0.29, 0.717) is 35.0 Å². The van der Waals surface area contributed by atoms with Gasteiger partial charge in [-0.3, -0.25) is 0 Å². The highest BCUT2D eigenvalue weighted by molar-refractivity contribution is 6.09. The van der Waals surface area contributed by atoms with Gasteiger partial charge in [0.15, 0.2) is 5.82 Å². The number of hydrogen-bond acceptors (Lipinski definition) is 7. The van der Waals surface area contributed by atoms with Crippen LogP contribution in [0, 0.1) is 13.8 Å². The van der Waals surface area contributed by atoms with Gasteiger partial charge in [-0.25, -0.2) is 9.39 Å². The maximum Gasteiger partial charge on any atom is 0.256 e. The van der Waals surface area contributed by atoms with Crippen molar-refractivity contribution in [3.05, 3.63) is 107 Å². The van der Waals surface area contributed by atoms with E-state index < -0.39 is 0 Å². The molecule has 8 nitrogen and oxygen atoms in total. The van der Waals surface area contributed by atoms with Crippen LogP contribution >= 0.6 is 0 Å². The van der Waals surface area contributed by atoms with Crippen molar-refractivity contribution in [2.24, 2.45) is 9.98 Å². The summed E-state index contributed by atoms with van der Waals surface area (Å²) < 4.78 is 1.70. The molecular weight excluding hydrogens is 448 g/mol. The molecule has 2 aromatic carbocycles. The molecule has 0 saturated heterocycles. The molecule has 1 N–H and O–H groups in total. The monoisotopic (exact) mass is 474 g/mol. The number of aliphatic imine (C=N–C) groups is 1. The van der Waals surface area contributed by atoms with Crippen LogP contribution < -0.4 is 10.9 Å². The smallest absolute Gasteiger partial charge is 0.256 e. The summed E-state index contributed by atoms with van der Waals surface area (Å²) in [5.41, 5.74) is 6.15. The zero-order chi connectivity index (χ0) is 25.2. The Balaban J connectivity index is 1.74. The van der Waals surface area contributed by atoms with Gasteiger partial charge in [-0.1, -0.05) is 77.9 Å². The maximum absolute atomic E-state index is 4.79. The standard InChI is InChI=1S/C28H26N8/c1-6-22(16-7-17(2)3)29-25-34-27-32-23(20-12-8-18(4)9-13-20)30-26-31-24(33-28(35-25)36(26)27)21-14-10-19(5)11-15-21/h6-16H,1H2,2-5H3,(H,29,30,31,32,33,34,35)/b22-16+. The Morgan fingerprint density at radius 3 is 2.17 bits per heavy atom. The Morgan fingerprint density at radius 1 is 0.861 bits per heavy atom. The molecule has 0 fully saturated rings. The molecule has 36 heavy (non-hydrogen) atoms. The SMILES string of the molecule is C=C/C(=C\C=C(C)C)N=c1nc2n3c(nc(-c4ccc(C)cc4)nc3n1)NC(c1ccc(C)cc1)=N2. The van der Waals surface area contributed by atoms with Crippen molar-refractivity contribution in [2.45, 2.75) is 27.7 Å². The number of aromatic nitrogens is 5. The topological polar surface area (TPSA) is 92.7 Å². The highest BCUT2D eigenvalue weighted by Crippen LogP contribution is 2.25. The second kappa shape index (κ2) is 9.50. The van der Waals surface area contributed by atoms with Crippen molar-refractivity contribution in [1.82, 2.24) is 24.3 Å². The van der Waals surface area contributed by atoms with Crippen LogP contribution in [0.25, 0.3) is 17.2 Å². The lowest BCUT2D eigenvalue weighted by Gasteiger charge is -2.19. The number of benzene rings is 2. The minimum atomic E-state index is 0.242. The molecule has 1 aliphatic heterocycles. The fourth-order valence-electron chi connectivity index (χ4n) is 3.57. The van der Waals surface area contributed by atoms with Gasteiger partial charge >= 0.3 is 0 Å². The predicted octanol–water partition coefficient (Wildman–Crippen LogP) is 5.24. The van der Waals surface area contributed by atoms with E-state index in [-0.39, 0.29) is 5.62 Å². The zero-order valence-electron chi connectivity index (χ0n) is 20.7. The first-order chi connectivity index (χ1) is 17.4. The van der Waals surface area contributed by atoms with E-state index in [1.54, 1.807) is 10.5 Å². The van der Waals surface area contributed by atoms with E-state index in [0.717, 1.165) is 22.3 Å². The molecule has 1 aliphatic rings. The summed E-state index contributed by atoms with van der Waals surface area (Å²) in [6.45, 7) is 12.0. The van der Waals surface area contributed by atoms with E-state index in [2.05, 4.69) is 26.9 Å². The molecule has 0 spiro atoms. The first kappa shape index (κ1) is 23.0. The molecule has 0 atom stereocenters. The van der Waals surface area contributed by atoms with E-state index in [1.807, 2.05) is 88.4 Å². The zero-order valence-corrected chi connectivity index (χ0v) is 20.7. The number of anilines is 1. The molecular formula is C28H26N8. The summed E-state index contributed by atoms with van der Waals surface area (Å²) >= 11 is 0. The first-order valence-electron chi connectivity index (χ1n) is 11.6. The van der Waals surface area contributed by atoms with Crippen molar-refractivity contribution in [3.63, 3.8) is 0 Å². The minimum Gasteiger partial charge on any atom is -0.309 e. The number of rotatable bonds is 5. The van der Waals surface area contributed by atoms with E-state index >= 15 is 0 Å². The summed E-state index contributed by atoms with van der Waals surface area (Å²) in [7, 11) is 0. The van der Waals surface area contributed by atoms with Crippen molar-refractivity contribution >= 4 is 23.5 Å². The first-order valence-corrected chi connectivity index (χ1v) is 11.6. The van der Waals surface area contributed by atoms with Crippen molar-refractivity contribution < 1.29 is 0 Å². The largest absolute Gasteiger partial charge is 0.309 e. The molecule has 0 aliphatic carbocycles. The number of nitrogens with one attached hydrogen (secondary N) is 1. The van der Waals surface area contributed by atoms with Crippen LogP contribution in [0.3, 0.4) is 0 Å². The van der Waals surface area contributed by atoms with Crippen molar-refractivity contribution in [1.29, 1.82) is 0 Å². The number of amidine groups is 1. The van der Waals surface area contributed by atoms with Gasteiger partial charge in [-0.05, 0) is 39.8 Å². The van der Waals surface area contributed by atoms with Crippen LogP contribution in [-0.4, -0.2) is 30.2 Å². The summed E-state index contributed by atoms with van der Waals surface area (Å²) in [5.74, 6) is 2.50. The second-order valence-electron chi connectivity index (χ2n) is 8.80. The maximum atomic E-state index is 4.79. The molecule has 2 aromatic heterocycles. The number of hydrogen-bond donors (Lipinski definition) is 1. The fourth-order valence-corrected chi connectivity index (χ4v) is 3.57. The Labute approximate surface area is 209 Å². The lowest BCUT2D eigenvalue weighted by Crippen LogP contribution is -2.26. The normalized spacial score (nSPS) is 13.3. The van der Waals surface area contributed by atoms with Crippen LogP contribution in [0.1, 0.15) is 30.5 Å². The molecule has 8 heteroatoms. The molecule has 0 saturated carbocycles. The highest BCUT2D eigenvalue weighted by atomic mass is 15.4. The number of allylic oxidation sites excluding steroid dienone is 4. The van der Waals surface area contributed by atoms with Gasteiger partial charge < -0.3 is 5.32 Å². The van der Waals surface area contributed by atoms with Gasteiger partial charge in [0.1, 0.15) is 5.84 Å². The summed E-state index contributed by atoms with van der Waals surface area (Å²) in [6, 6.07) is 16.2. The van der Waals surface area contributed by atoms with Gasteiger partial charge in [0.05, 0.1) is 5.70 Å². The van der Waals surface area contributed by atoms with E-state index in [9.17, 15) is 0 Å². The summed E-state index contributed by atoms with van der Waals surface area (Å²) in [4.78, 5) is 28.1. The molecule has 0 amide bonds. The van der Waals surface area contributed by atoms with E-state index in [4.69, 9.17) is 15.0 Å². The third-order valence-electron chi connectivity index (χ3n) is 5.53. The molecule has 0 radical (unpaired) electrons. The van der Waals surface area contributed by atoms with Crippen LogP contribution in [0.4, 0.5) is 11.9 Å². The average molecular weight is 475 g/mol. The quantitative estimate of drug-likeness (QED) is 0.399. The lowest BCUT2D eigenvalue weighted by atomic mass is 10.1. The Bertz CT molecular complexity index is 1630. The molecule has 5 rings (SSSR count). The van der Waals surface area contributed by atoms with Gasteiger partial charge in [0, 0.05) is 11.1 Å². The van der Waals surface area contributed by atoms with Crippen LogP contribution in [0.2, 0.25) is 0 Å². The van der Waals surface area contributed by atoms with Crippen molar-refractivity contribution in [3.8, 4) is 11.4 Å². The van der Waals surface area contributed by atoms with E-state index in [1.165, 1.54) is 5.56 Å². The highest BCUT2D eigenvalue weighted by Gasteiger charge is 2.21. The molecule has 178 valence electrons. The van der Waals surface area contributed by atoms with Crippen molar-refractivity contribution in [2.75, 3.05) is 5.32 Å². The van der Waals surface area contributed by atoms with Gasteiger partial charge in [-0.15, -0.1) is 0 Å². The fraction of sp³-hybridized carbons (Fsp3) is 0.143. The summed E-state index contributed by atoms with van der Waals surface area (Å²) in [6.07, 6.45) is 5.51. The number of aryl methyl sites for hydroxylation is 2. The van der Waals surface area contributed by atoms with Crippen LogP contribution in [0.5, 0.6) is 0 Å². The second-order valence-corrected chi connectivity index (χ2v) is 8.80. The number of nitrogens with zero attached hydrogens (tertiary/aromatic N) is 7. The predicted molar refractivity (Wildman–Crippen MR) is 143 cm³/mol. The molecule has 0 bridgehead atoms. The Kier molecular flexibility index (Phi) is 6.08. The van der Waals surface area contributed by atoms with Gasteiger partial charge in [0.2, 0.25) is 17.7 Å². The molecule has 3 heterocycles. The molecule has 0 unspecified atom stereocenters. The van der Waals surface area contributed by atoms with Crippen LogP contribution in [-0.2, 0) is 0 Å². The lowest BCUT2D eigenvalue weighted by molar-refractivity contribution is 0.872. The third-order valence-corrected chi connectivity index (χ3v) is 5.53. The third kappa shape index (κ3) is 4.74. The van der Waals surface area contributed by atoms with Gasteiger partial charge in [-0.2, -0.15) is 24.9 Å². The van der Waals surface area contributed by atoms with Gasteiger partial charge in [0.25, 0.3) is 5.62 Å². The summed E-state index contributed by atoms with van der Waals surface area (Å²) in [5, 5.41) is 3.34. The Morgan fingerprint density at radius 2 is 1.53 bits per heavy atom. The molecule has 4 aromatic rings.